The molecule has 1 aromatic heterocycles. The number of benzene rings is 1. The third-order valence-electron chi connectivity index (χ3n) is 3.40. The summed E-state index contributed by atoms with van der Waals surface area (Å²) >= 11 is 6.57. The normalized spacial score (nSPS) is 14.5. The highest BCUT2D eigenvalue weighted by molar-refractivity contribution is 7.73. The first kappa shape index (κ1) is 17.5. The molecule has 0 radical (unpaired) electrons. The molecule has 0 atom stereocenters. The second-order valence-electron chi connectivity index (χ2n) is 5.08. The lowest BCUT2D eigenvalue weighted by molar-refractivity contribution is -0.135. The molecule has 0 unspecified atom stereocenters. The standard InChI is InChI=1S/C17H17NO5S2/c1-3-21-15(19)9-11-14(25-17(24)18-11)8-10-6-12(20-2)16-13(7-10)22-4-5-23-16/h6-9H,3-5H2,1-2H3,(H,18,24)/b11-9-,14-8-. The molecule has 0 spiro atoms. The number of nitrogens with one attached hydrogen (secondary N) is 1. The molecule has 1 N–H and O–H groups in total. The number of hydrogen-bond donors (Lipinski definition) is 1. The van der Waals surface area contributed by atoms with Crippen LogP contribution in [-0.4, -0.2) is 37.9 Å². The van der Waals surface area contributed by atoms with E-state index in [0.29, 0.717) is 46.4 Å². The van der Waals surface area contributed by atoms with E-state index in [4.69, 9.17) is 31.2 Å². The van der Waals surface area contributed by atoms with Crippen molar-refractivity contribution in [1.82, 2.24) is 4.98 Å². The lowest BCUT2D eigenvalue weighted by atomic mass is 10.1. The monoisotopic (exact) mass is 379 g/mol. The predicted octanol–water partition coefficient (Wildman–Crippen LogP) is 1.76. The number of aromatic amines is 1. The van der Waals surface area contributed by atoms with Crippen molar-refractivity contribution in [3.05, 3.63) is 31.5 Å². The van der Waals surface area contributed by atoms with Gasteiger partial charge in [0.25, 0.3) is 0 Å². The highest BCUT2D eigenvalue weighted by Crippen LogP contribution is 2.40. The number of fused-ring (bicyclic) bond motifs is 1. The van der Waals surface area contributed by atoms with Gasteiger partial charge in [0.05, 0.1) is 23.6 Å². The Bertz CT molecular complexity index is 943. The largest absolute Gasteiger partial charge is 0.493 e. The molecule has 2 heterocycles. The number of thiazole rings is 1. The lowest BCUT2D eigenvalue weighted by Crippen LogP contribution is -2.23. The van der Waals surface area contributed by atoms with Crippen LogP contribution < -0.4 is 24.1 Å². The van der Waals surface area contributed by atoms with Crippen LogP contribution in [-0.2, 0) is 9.53 Å². The van der Waals surface area contributed by atoms with Crippen LogP contribution in [0, 0.1) is 3.95 Å². The maximum atomic E-state index is 11.7. The Kier molecular flexibility index (Phi) is 5.40. The number of H-pyrrole nitrogens is 1. The van der Waals surface area contributed by atoms with Crippen LogP contribution in [0.5, 0.6) is 17.2 Å². The van der Waals surface area contributed by atoms with Crippen molar-refractivity contribution in [1.29, 1.82) is 0 Å². The van der Waals surface area contributed by atoms with E-state index in [0.717, 1.165) is 10.1 Å². The molecule has 8 heteroatoms. The molecule has 0 saturated heterocycles. The van der Waals surface area contributed by atoms with Crippen molar-refractivity contribution in [2.24, 2.45) is 0 Å². The third kappa shape index (κ3) is 4.02. The van der Waals surface area contributed by atoms with Crippen LogP contribution in [0.4, 0.5) is 0 Å². The zero-order valence-electron chi connectivity index (χ0n) is 13.8. The van der Waals surface area contributed by atoms with E-state index in [1.807, 2.05) is 18.2 Å². The number of hydrogen-bond acceptors (Lipinski definition) is 7. The van der Waals surface area contributed by atoms with Gasteiger partial charge in [-0.3, -0.25) is 0 Å². The molecule has 1 aliphatic heterocycles. The zero-order valence-corrected chi connectivity index (χ0v) is 15.4. The number of esters is 1. The third-order valence-corrected chi connectivity index (χ3v) is 4.60. The molecular formula is C17H17NO5S2. The quantitative estimate of drug-likeness (QED) is 0.645. The van der Waals surface area contributed by atoms with E-state index >= 15 is 0 Å². The van der Waals surface area contributed by atoms with Gasteiger partial charge in [0.15, 0.2) is 15.5 Å². The van der Waals surface area contributed by atoms with E-state index < -0.39 is 5.97 Å². The smallest absolute Gasteiger partial charge is 0.332 e. The summed E-state index contributed by atoms with van der Waals surface area (Å²) < 4.78 is 23.0. The Labute approximate surface area is 153 Å². The van der Waals surface area contributed by atoms with Crippen molar-refractivity contribution in [2.45, 2.75) is 6.92 Å². The van der Waals surface area contributed by atoms with Crippen LogP contribution in [0.15, 0.2) is 12.1 Å². The Morgan fingerprint density at radius 3 is 2.96 bits per heavy atom. The summed E-state index contributed by atoms with van der Waals surface area (Å²) in [5.41, 5.74) is 0.852. The van der Waals surface area contributed by atoms with Gasteiger partial charge in [0, 0.05) is 6.08 Å². The van der Waals surface area contributed by atoms with Crippen molar-refractivity contribution >= 4 is 41.7 Å². The maximum absolute atomic E-state index is 11.7. The summed E-state index contributed by atoms with van der Waals surface area (Å²) in [4.78, 5) is 14.7. The molecule has 0 bridgehead atoms. The van der Waals surface area contributed by atoms with Gasteiger partial charge in [-0.25, -0.2) is 4.79 Å². The van der Waals surface area contributed by atoms with Crippen LogP contribution in [0.2, 0.25) is 0 Å². The first-order valence-electron chi connectivity index (χ1n) is 7.67. The molecular weight excluding hydrogens is 362 g/mol. The van der Waals surface area contributed by atoms with E-state index in [9.17, 15) is 4.79 Å². The van der Waals surface area contributed by atoms with Crippen LogP contribution in [0.3, 0.4) is 0 Å². The Morgan fingerprint density at radius 2 is 2.20 bits per heavy atom. The fourth-order valence-electron chi connectivity index (χ4n) is 2.40. The van der Waals surface area contributed by atoms with E-state index in [2.05, 4.69) is 4.98 Å². The molecule has 3 rings (SSSR count). The predicted molar refractivity (Wildman–Crippen MR) is 97.4 cm³/mol. The molecule has 132 valence electrons. The van der Waals surface area contributed by atoms with Crippen molar-refractivity contribution < 1.29 is 23.7 Å². The number of ether oxygens (including phenoxy) is 4. The minimum Gasteiger partial charge on any atom is -0.493 e. The molecule has 6 nitrogen and oxygen atoms in total. The van der Waals surface area contributed by atoms with Gasteiger partial charge >= 0.3 is 5.97 Å². The van der Waals surface area contributed by atoms with Crippen LogP contribution >= 0.6 is 23.6 Å². The summed E-state index contributed by atoms with van der Waals surface area (Å²) in [5, 5.41) is 0.613. The van der Waals surface area contributed by atoms with Gasteiger partial charge in [0.1, 0.15) is 13.2 Å². The SMILES string of the molecule is CCOC(=O)/C=c1\[nH]c(=S)s\c1=C/c1cc(OC)c2c(c1)OCCO2. The van der Waals surface area contributed by atoms with Crippen LogP contribution in [0.1, 0.15) is 12.5 Å². The number of methoxy groups -OCH3 is 1. The van der Waals surface area contributed by atoms with Gasteiger partial charge in [-0.05, 0) is 42.9 Å². The average molecular weight is 379 g/mol. The Balaban J connectivity index is 2.10. The zero-order chi connectivity index (χ0) is 17.8. The molecule has 1 aromatic carbocycles. The number of carbonyl (C=O) groups is 1. The molecule has 0 saturated carbocycles. The van der Waals surface area contributed by atoms with E-state index in [1.54, 1.807) is 14.0 Å². The number of carbonyl (C=O) groups excluding carboxylic acids is 1. The highest BCUT2D eigenvalue weighted by atomic mass is 32.1. The van der Waals surface area contributed by atoms with Gasteiger partial charge in [0.2, 0.25) is 5.75 Å². The van der Waals surface area contributed by atoms with Gasteiger partial charge in [-0.1, -0.05) is 0 Å². The van der Waals surface area contributed by atoms with Gasteiger partial charge in [-0.15, -0.1) is 11.3 Å². The molecule has 0 amide bonds. The molecule has 1 aliphatic rings. The summed E-state index contributed by atoms with van der Waals surface area (Å²) in [6.45, 7) is 3.06. The summed E-state index contributed by atoms with van der Waals surface area (Å²) in [6.07, 6.45) is 3.31. The number of aromatic nitrogens is 1. The summed E-state index contributed by atoms with van der Waals surface area (Å²) in [7, 11) is 1.58. The van der Waals surface area contributed by atoms with Crippen LogP contribution in [0.25, 0.3) is 12.2 Å². The second kappa shape index (κ2) is 7.71. The summed E-state index contributed by atoms with van der Waals surface area (Å²) in [5.74, 6) is 1.41. The molecule has 0 aliphatic carbocycles. The lowest BCUT2D eigenvalue weighted by Gasteiger charge is -2.20. The van der Waals surface area contributed by atoms with Crippen molar-refractivity contribution in [3.8, 4) is 17.2 Å². The van der Waals surface area contributed by atoms with E-state index in [-0.39, 0.29) is 0 Å². The fraction of sp³-hybridized carbons (Fsp3) is 0.294. The van der Waals surface area contributed by atoms with Crippen molar-refractivity contribution in [2.75, 3.05) is 26.9 Å². The molecule has 2 aromatic rings. The molecule has 0 fully saturated rings. The summed E-state index contributed by atoms with van der Waals surface area (Å²) in [6, 6.07) is 3.72. The Morgan fingerprint density at radius 1 is 1.40 bits per heavy atom. The molecule has 25 heavy (non-hydrogen) atoms. The van der Waals surface area contributed by atoms with Crippen molar-refractivity contribution in [3.63, 3.8) is 0 Å². The highest BCUT2D eigenvalue weighted by Gasteiger charge is 2.17. The number of rotatable bonds is 4. The van der Waals surface area contributed by atoms with Gasteiger partial charge in [-0.2, -0.15) is 0 Å². The fourth-order valence-corrected chi connectivity index (χ4v) is 3.55. The Hall–Kier alpha value is -2.32. The first-order chi connectivity index (χ1) is 12.1. The minimum absolute atomic E-state index is 0.318. The van der Waals surface area contributed by atoms with Gasteiger partial charge < -0.3 is 23.9 Å². The second-order valence-corrected chi connectivity index (χ2v) is 6.80. The maximum Gasteiger partial charge on any atom is 0.332 e. The van der Waals surface area contributed by atoms with E-state index in [1.165, 1.54) is 17.4 Å². The first-order valence-corrected chi connectivity index (χ1v) is 8.90. The topological polar surface area (TPSA) is 69.8 Å². The average Bonchev–Trinajstić information content (AvgIpc) is 2.93. The minimum atomic E-state index is -0.416.